The Labute approximate surface area is 621 Å². The molecule has 0 unspecified atom stereocenters. The number of carbonyl (C=O) groups is 6. The van der Waals surface area contributed by atoms with E-state index < -0.39 is 0 Å². The number of aldehydes is 1. The molecule has 0 fully saturated rings. The minimum atomic E-state index is -0.0348. The van der Waals surface area contributed by atoms with Crippen LogP contribution in [-0.2, 0) is 38.7 Å². The molecule has 5 amide bonds. The number of alkyl halides is 1. The molecule has 0 aliphatic carbocycles. The number of anilines is 5. The van der Waals surface area contributed by atoms with Crippen LogP contribution in [0.15, 0.2) is 261 Å². The Balaban J connectivity index is 0.000000108. The van der Waals surface area contributed by atoms with Crippen molar-refractivity contribution in [1.29, 1.82) is 0 Å². The molecule has 16 nitrogen and oxygen atoms in total. The summed E-state index contributed by atoms with van der Waals surface area (Å²) in [4.78, 5) is 81.2. The second-order valence-electron chi connectivity index (χ2n) is 26.1. The molecule has 0 spiro atoms. The van der Waals surface area contributed by atoms with E-state index >= 15 is 0 Å². The third-order valence-corrected chi connectivity index (χ3v) is 20.3. The van der Waals surface area contributed by atoms with Crippen LogP contribution in [0, 0.1) is 0 Å². The fraction of sp³-hybridized carbons (Fsp3) is 0.111. The van der Waals surface area contributed by atoms with Gasteiger partial charge in [-0.1, -0.05) is 146 Å². The maximum Gasteiger partial charge on any atom is 0.259 e. The van der Waals surface area contributed by atoms with Gasteiger partial charge in [-0.15, -0.1) is 11.6 Å². The van der Waals surface area contributed by atoms with E-state index in [1.807, 2.05) is 265 Å². The predicted octanol–water partition coefficient (Wildman–Crippen LogP) is 18.5. The number of aliphatic hydroxyl groups is 1. The number of carbonyl (C=O) groups excluding carboxylic acids is 6. The van der Waals surface area contributed by atoms with Gasteiger partial charge in [0.15, 0.2) is 6.29 Å². The SMILES string of the molecule is COc1ccc(CN2C(=O)c3cccc4c(C=O)ccc2c34)cc1.COc1ccc(CN2C(=O)c3cccc4c(CCl)ccc2c34)cc1.COc1ccc(CN2C(=O)c3cccc4c(CO)ccc2c34)cc1.COc1ccc(CN2C(=O)c3cccc4cccc2c34)cc1.O=C1Nc2cccc3cccc1c23. The number of benzene rings is 14. The number of aliphatic hydroxyl groups excluding tert-OH is 1. The van der Waals surface area contributed by atoms with E-state index in [0.717, 1.165) is 162 Å². The Morgan fingerprint density at radius 3 is 1.07 bits per heavy atom. The van der Waals surface area contributed by atoms with Crippen molar-refractivity contribution < 1.29 is 52.8 Å². The fourth-order valence-electron chi connectivity index (χ4n) is 14.7. The van der Waals surface area contributed by atoms with Gasteiger partial charge in [0.2, 0.25) is 0 Å². The second kappa shape index (κ2) is 29.9. The maximum absolute atomic E-state index is 12.9. The quantitative estimate of drug-likeness (QED) is 0.0735. The number of amides is 5. The van der Waals surface area contributed by atoms with Crippen molar-refractivity contribution in [3.05, 3.63) is 328 Å². The topological polar surface area (TPSA) is 185 Å². The van der Waals surface area contributed by atoms with Crippen molar-refractivity contribution in [2.45, 2.75) is 38.7 Å². The highest BCUT2D eigenvalue weighted by atomic mass is 35.5. The molecule has 5 aliphatic rings. The molecule has 5 heterocycles. The number of nitrogens with zero attached hydrogens (tertiary/aromatic N) is 4. The summed E-state index contributed by atoms with van der Waals surface area (Å²) in [6, 6.07) is 83.1. The monoisotopic (exact) mass is 1430 g/mol. The summed E-state index contributed by atoms with van der Waals surface area (Å²) in [5, 5.41) is 22.3. The zero-order chi connectivity index (χ0) is 74.0. The molecular formula is C90H70ClN5O11. The molecule has 2 N–H and O–H groups in total. The van der Waals surface area contributed by atoms with Crippen LogP contribution in [0.5, 0.6) is 23.0 Å². The van der Waals surface area contributed by atoms with Gasteiger partial charge in [-0.3, -0.25) is 28.8 Å². The number of halogens is 1. The summed E-state index contributed by atoms with van der Waals surface area (Å²) in [5.74, 6) is 3.73. The number of hydrogen-bond donors (Lipinski definition) is 2. The molecule has 14 aromatic carbocycles. The third kappa shape index (κ3) is 13.1. The number of rotatable bonds is 15. The molecule has 0 radical (unpaired) electrons. The molecular weight excluding hydrogens is 1360 g/mol. The Bertz CT molecular complexity index is 5700. The van der Waals surface area contributed by atoms with E-state index in [2.05, 4.69) is 5.32 Å². The second-order valence-corrected chi connectivity index (χ2v) is 26.3. The van der Waals surface area contributed by atoms with E-state index in [9.17, 15) is 33.9 Å². The van der Waals surface area contributed by atoms with Crippen molar-refractivity contribution in [3.63, 3.8) is 0 Å². The van der Waals surface area contributed by atoms with Crippen LogP contribution in [0.1, 0.15) is 95.5 Å². The first-order valence-electron chi connectivity index (χ1n) is 34.7. The summed E-state index contributed by atoms with van der Waals surface area (Å²) < 4.78 is 20.7. The first kappa shape index (κ1) is 69.6. The zero-order valence-corrected chi connectivity index (χ0v) is 59.6. The number of methoxy groups -OCH3 is 4. The number of nitrogens with one attached hydrogen (secondary N) is 1. The lowest BCUT2D eigenvalue weighted by molar-refractivity contribution is 0.0983. The maximum atomic E-state index is 12.9. The predicted molar refractivity (Wildman–Crippen MR) is 423 cm³/mol. The lowest BCUT2D eigenvalue weighted by atomic mass is 10.0. The van der Waals surface area contributed by atoms with Gasteiger partial charge >= 0.3 is 0 Å². The summed E-state index contributed by atoms with van der Waals surface area (Å²) in [6.45, 7) is 2.05. The van der Waals surface area contributed by atoms with Gasteiger partial charge < -0.3 is 49.0 Å². The van der Waals surface area contributed by atoms with E-state index in [4.69, 9.17) is 30.5 Å². The van der Waals surface area contributed by atoms with Crippen LogP contribution in [0.4, 0.5) is 28.4 Å². The minimum Gasteiger partial charge on any atom is -0.497 e. The molecule has 0 saturated carbocycles. The molecule has 528 valence electrons. The standard InChI is InChI=1S/C20H16ClNO2.C20H17NO3.C20H15NO3.C19H15NO2.C11H7NO/c1-24-15-8-5-13(6-9-15)12-22-18-10-7-14(11-21)16-3-2-4-17(19(16)18)20(22)23;2*1-24-15-8-5-13(6-9-15)11-21-18-10-7-14(12-22)16-3-2-4-17(19(16)18)20(21)23;1-22-15-10-8-13(9-11-15)12-20-17-7-3-5-14-4-2-6-16(18(14)17)19(20)21;13-11-8-5-1-3-7-4-2-6-9(12-11)10(7)8/h2-10H,11-12H2,1H3;2-10,22H,11-12H2,1H3;2-10,12H,11H2,1H3;2-11H,12H2,1H3;1-6H,(H,12,13). The average Bonchev–Trinajstić information content (AvgIpc) is 1.61. The van der Waals surface area contributed by atoms with Crippen LogP contribution >= 0.6 is 11.6 Å². The van der Waals surface area contributed by atoms with Crippen LogP contribution in [0.25, 0.3) is 53.9 Å². The average molecular weight is 1430 g/mol. The normalized spacial score (nSPS) is 12.9. The highest BCUT2D eigenvalue weighted by Gasteiger charge is 2.35. The molecule has 0 aromatic heterocycles. The summed E-state index contributed by atoms with van der Waals surface area (Å²) >= 11 is 6.05. The highest BCUT2D eigenvalue weighted by molar-refractivity contribution is 6.29. The Kier molecular flexibility index (Phi) is 19.4. The van der Waals surface area contributed by atoms with Crippen molar-refractivity contribution in [2.75, 3.05) is 53.4 Å². The van der Waals surface area contributed by atoms with Crippen LogP contribution in [-0.4, -0.2) is 69.4 Å². The summed E-state index contributed by atoms with van der Waals surface area (Å²) in [5.41, 5.74) is 15.0. The minimum absolute atomic E-state index is 0.00140. The molecule has 0 saturated heterocycles. The van der Waals surface area contributed by atoms with Gasteiger partial charge in [-0.05, 0) is 176 Å². The smallest absolute Gasteiger partial charge is 0.259 e. The molecule has 19 rings (SSSR count). The van der Waals surface area contributed by atoms with Gasteiger partial charge in [-0.25, -0.2) is 0 Å². The van der Waals surface area contributed by atoms with Crippen LogP contribution < -0.4 is 43.9 Å². The Morgan fingerprint density at radius 1 is 0.346 bits per heavy atom. The molecule has 14 aromatic rings. The first-order chi connectivity index (χ1) is 52.3. The zero-order valence-electron chi connectivity index (χ0n) is 58.8. The highest BCUT2D eigenvalue weighted by Crippen LogP contribution is 2.44. The largest absolute Gasteiger partial charge is 0.497 e. The molecule has 17 heteroatoms. The summed E-state index contributed by atoms with van der Waals surface area (Å²) in [6.07, 6.45) is 0.833. The van der Waals surface area contributed by atoms with Gasteiger partial charge in [0.1, 0.15) is 23.0 Å². The molecule has 0 atom stereocenters. The van der Waals surface area contributed by atoms with Gasteiger partial charge in [0, 0.05) is 71.9 Å². The van der Waals surface area contributed by atoms with E-state index in [0.29, 0.717) is 48.7 Å². The van der Waals surface area contributed by atoms with Crippen LogP contribution in [0.2, 0.25) is 0 Å². The van der Waals surface area contributed by atoms with Crippen molar-refractivity contribution in [3.8, 4) is 23.0 Å². The van der Waals surface area contributed by atoms with Crippen molar-refractivity contribution in [1.82, 2.24) is 0 Å². The molecule has 5 aliphatic heterocycles. The Hall–Kier alpha value is -13.2. The van der Waals surface area contributed by atoms with Crippen molar-refractivity contribution in [2.24, 2.45) is 0 Å². The Morgan fingerprint density at radius 2 is 0.673 bits per heavy atom. The molecule has 0 bridgehead atoms. The third-order valence-electron chi connectivity index (χ3n) is 20.1. The van der Waals surface area contributed by atoms with E-state index in [1.165, 1.54) is 0 Å². The number of ether oxygens (including phenoxy) is 4. The van der Waals surface area contributed by atoms with Gasteiger partial charge in [0.25, 0.3) is 29.5 Å². The lowest BCUT2D eigenvalue weighted by Gasteiger charge is -2.18. The summed E-state index contributed by atoms with van der Waals surface area (Å²) in [7, 11) is 6.55. The number of hydrogen-bond acceptors (Lipinski definition) is 11. The van der Waals surface area contributed by atoms with Gasteiger partial charge in [-0.2, -0.15) is 0 Å². The van der Waals surface area contributed by atoms with Gasteiger partial charge in [0.05, 0.1) is 84.0 Å². The van der Waals surface area contributed by atoms with Crippen LogP contribution in [0.3, 0.4) is 0 Å². The van der Waals surface area contributed by atoms with Crippen molar-refractivity contribution >= 4 is 130 Å². The first-order valence-corrected chi connectivity index (χ1v) is 35.3. The van der Waals surface area contributed by atoms with E-state index in [-0.39, 0.29) is 36.1 Å². The lowest BCUT2D eigenvalue weighted by Crippen LogP contribution is -2.25. The van der Waals surface area contributed by atoms with E-state index in [1.54, 1.807) is 44.3 Å². The fourth-order valence-corrected chi connectivity index (χ4v) is 15.0. The molecule has 107 heavy (non-hydrogen) atoms.